The molecule has 0 radical (unpaired) electrons. The molecule has 2 N–H and O–H groups in total. The maximum absolute atomic E-state index is 5.73. The van der Waals surface area contributed by atoms with E-state index in [0.29, 0.717) is 17.2 Å². The molecule has 0 bridgehead atoms. The average Bonchev–Trinajstić information content (AvgIpc) is 3.00. The Morgan fingerprint density at radius 2 is 2.16 bits per heavy atom. The first kappa shape index (κ1) is 10.1. The van der Waals surface area contributed by atoms with Crippen LogP contribution in [0.3, 0.4) is 0 Å². The van der Waals surface area contributed by atoms with Crippen LogP contribution in [-0.4, -0.2) is 19.6 Å². The number of fused-ring (bicyclic) bond motifs is 2. The van der Waals surface area contributed by atoms with Crippen molar-refractivity contribution in [3.05, 3.63) is 43.0 Å². The lowest BCUT2D eigenvalue weighted by Gasteiger charge is -1.92. The molecule has 3 aromatic heterocycles. The molecule has 19 heavy (non-hydrogen) atoms. The Kier molecular flexibility index (Phi) is 1.88. The third-order valence-corrected chi connectivity index (χ3v) is 2.97. The summed E-state index contributed by atoms with van der Waals surface area (Å²) in [5, 5.41) is 4.23. The summed E-state index contributed by atoms with van der Waals surface area (Å²) in [6, 6.07) is 5.39. The summed E-state index contributed by atoms with van der Waals surface area (Å²) >= 11 is 0. The normalized spacial score (nSPS) is 11.4. The Bertz CT molecular complexity index is 892. The SMILES string of the molecule is Nc1ccc2nc(-c3cnn4ccncc34)oc2c1. The van der Waals surface area contributed by atoms with E-state index in [4.69, 9.17) is 10.2 Å². The van der Waals surface area contributed by atoms with Crippen LogP contribution in [-0.2, 0) is 0 Å². The molecule has 0 aliphatic heterocycles. The molecule has 92 valence electrons. The molecular weight excluding hydrogens is 242 g/mol. The van der Waals surface area contributed by atoms with Crippen molar-refractivity contribution in [1.29, 1.82) is 0 Å². The lowest BCUT2D eigenvalue weighted by Crippen LogP contribution is -1.85. The van der Waals surface area contributed by atoms with Crippen molar-refractivity contribution in [2.24, 2.45) is 0 Å². The standard InChI is InChI=1S/C13H9N5O/c14-8-1-2-10-12(5-8)19-13(17-10)9-6-16-18-4-3-15-7-11(9)18/h1-7H,14H2. The van der Waals surface area contributed by atoms with Gasteiger partial charge in [-0.05, 0) is 12.1 Å². The summed E-state index contributed by atoms with van der Waals surface area (Å²) < 4.78 is 7.46. The second-order valence-corrected chi connectivity index (χ2v) is 4.21. The van der Waals surface area contributed by atoms with Gasteiger partial charge in [-0.3, -0.25) is 4.98 Å². The number of anilines is 1. The van der Waals surface area contributed by atoms with Crippen molar-refractivity contribution in [2.75, 3.05) is 5.73 Å². The van der Waals surface area contributed by atoms with Gasteiger partial charge in [-0.1, -0.05) is 0 Å². The Hall–Kier alpha value is -2.89. The summed E-state index contributed by atoms with van der Waals surface area (Å²) in [6.07, 6.45) is 6.90. The molecule has 0 atom stereocenters. The van der Waals surface area contributed by atoms with Crippen LogP contribution in [0.2, 0.25) is 0 Å². The summed E-state index contributed by atoms with van der Waals surface area (Å²) in [6.45, 7) is 0. The number of nitrogens with two attached hydrogens (primary N) is 1. The van der Waals surface area contributed by atoms with Crippen LogP contribution in [0.5, 0.6) is 0 Å². The lowest BCUT2D eigenvalue weighted by molar-refractivity contribution is 0.620. The van der Waals surface area contributed by atoms with Gasteiger partial charge in [-0.25, -0.2) is 9.50 Å². The number of hydrogen-bond acceptors (Lipinski definition) is 5. The Morgan fingerprint density at radius 3 is 3.11 bits per heavy atom. The molecule has 0 fully saturated rings. The Morgan fingerprint density at radius 1 is 1.21 bits per heavy atom. The van der Waals surface area contributed by atoms with Gasteiger partial charge < -0.3 is 10.2 Å². The fraction of sp³-hybridized carbons (Fsp3) is 0. The zero-order chi connectivity index (χ0) is 12.8. The van der Waals surface area contributed by atoms with Crippen LogP contribution < -0.4 is 5.73 Å². The minimum atomic E-state index is 0.517. The van der Waals surface area contributed by atoms with Gasteiger partial charge in [-0.15, -0.1) is 0 Å². The van der Waals surface area contributed by atoms with Crippen LogP contribution in [0, 0.1) is 0 Å². The molecule has 0 amide bonds. The monoisotopic (exact) mass is 251 g/mol. The van der Waals surface area contributed by atoms with E-state index in [0.717, 1.165) is 16.6 Å². The quantitative estimate of drug-likeness (QED) is 0.524. The minimum Gasteiger partial charge on any atom is -0.436 e. The molecule has 0 saturated carbocycles. The first-order valence-electron chi connectivity index (χ1n) is 5.75. The first-order valence-corrected chi connectivity index (χ1v) is 5.75. The number of benzene rings is 1. The second-order valence-electron chi connectivity index (χ2n) is 4.21. The molecular formula is C13H9N5O. The summed E-state index contributed by atoms with van der Waals surface area (Å²) in [4.78, 5) is 8.53. The van der Waals surface area contributed by atoms with Gasteiger partial charge in [0.1, 0.15) is 5.52 Å². The molecule has 0 aliphatic rings. The van der Waals surface area contributed by atoms with E-state index in [1.807, 2.05) is 6.07 Å². The molecule has 1 aromatic carbocycles. The van der Waals surface area contributed by atoms with E-state index >= 15 is 0 Å². The van der Waals surface area contributed by atoms with E-state index < -0.39 is 0 Å². The van der Waals surface area contributed by atoms with Gasteiger partial charge in [-0.2, -0.15) is 5.10 Å². The first-order chi connectivity index (χ1) is 9.31. The highest BCUT2D eigenvalue weighted by Crippen LogP contribution is 2.27. The van der Waals surface area contributed by atoms with Gasteiger partial charge in [0.15, 0.2) is 5.58 Å². The van der Waals surface area contributed by atoms with Crippen molar-refractivity contribution in [1.82, 2.24) is 19.6 Å². The van der Waals surface area contributed by atoms with Crippen molar-refractivity contribution in [3.8, 4) is 11.5 Å². The fourth-order valence-electron chi connectivity index (χ4n) is 2.06. The largest absolute Gasteiger partial charge is 0.436 e. The van der Waals surface area contributed by atoms with Crippen LogP contribution in [0.1, 0.15) is 0 Å². The number of nitrogens with zero attached hydrogens (tertiary/aromatic N) is 4. The maximum Gasteiger partial charge on any atom is 0.231 e. The molecule has 6 nitrogen and oxygen atoms in total. The molecule has 0 unspecified atom stereocenters. The summed E-state index contributed by atoms with van der Waals surface area (Å²) in [5.74, 6) is 0.517. The lowest BCUT2D eigenvalue weighted by atomic mass is 10.3. The molecule has 4 aromatic rings. The third kappa shape index (κ3) is 1.46. The molecule has 0 saturated heterocycles. The highest BCUT2D eigenvalue weighted by Gasteiger charge is 2.13. The topological polar surface area (TPSA) is 82.2 Å². The van der Waals surface area contributed by atoms with Crippen LogP contribution in [0.4, 0.5) is 5.69 Å². The summed E-state index contributed by atoms with van der Waals surface area (Å²) in [7, 11) is 0. The van der Waals surface area contributed by atoms with E-state index in [-0.39, 0.29) is 0 Å². The average molecular weight is 251 g/mol. The van der Waals surface area contributed by atoms with E-state index in [1.165, 1.54) is 0 Å². The number of nitrogen functional groups attached to an aromatic ring is 1. The van der Waals surface area contributed by atoms with Crippen LogP contribution in [0.25, 0.3) is 28.1 Å². The van der Waals surface area contributed by atoms with E-state index in [1.54, 1.807) is 41.4 Å². The highest BCUT2D eigenvalue weighted by atomic mass is 16.3. The predicted molar refractivity (Wildman–Crippen MR) is 70.4 cm³/mol. The number of rotatable bonds is 1. The van der Waals surface area contributed by atoms with E-state index in [9.17, 15) is 0 Å². The van der Waals surface area contributed by atoms with Gasteiger partial charge in [0.2, 0.25) is 5.89 Å². The van der Waals surface area contributed by atoms with E-state index in [2.05, 4.69) is 15.1 Å². The smallest absolute Gasteiger partial charge is 0.231 e. The number of hydrogen-bond donors (Lipinski definition) is 1. The van der Waals surface area contributed by atoms with Crippen LogP contribution >= 0.6 is 0 Å². The fourth-order valence-corrected chi connectivity index (χ4v) is 2.06. The van der Waals surface area contributed by atoms with Gasteiger partial charge >= 0.3 is 0 Å². The second kappa shape index (κ2) is 3.55. The van der Waals surface area contributed by atoms with Crippen molar-refractivity contribution in [2.45, 2.75) is 0 Å². The van der Waals surface area contributed by atoms with Crippen molar-refractivity contribution in [3.63, 3.8) is 0 Å². The minimum absolute atomic E-state index is 0.517. The van der Waals surface area contributed by atoms with Crippen molar-refractivity contribution < 1.29 is 4.42 Å². The Labute approximate surface area is 107 Å². The predicted octanol–water partition coefficient (Wildman–Crippen LogP) is 2.12. The zero-order valence-electron chi connectivity index (χ0n) is 9.82. The summed E-state index contributed by atoms with van der Waals surface area (Å²) in [5.41, 5.74) is 9.47. The molecule has 0 spiro atoms. The van der Waals surface area contributed by atoms with Gasteiger partial charge in [0.25, 0.3) is 0 Å². The zero-order valence-corrected chi connectivity index (χ0v) is 9.82. The number of aromatic nitrogens is 4. The molecule has 4 rings (SSSR count). The highest BCUT2D eigenvalue weighted by molar-refractivity contribution is 5.82. The third-order valence-electron chi connectivity index (χ3n) is 2.97. The van der Waals surface area contributed by atoms with Gasteiger partial charge in [0, 0.05) is 24.1 Å². The maximum atomic E-state index is 5.73. The Balaban J connectivity index is 1.99. The van der Waals surface area contributed by atoms with Crippen LogP contribution in [0.15, 0.2) is 47.4 Å². The van der Waals surface area contributed by atoms with Gasteiger partial charge in [0.05, 0.1) is 23.5 Å². The molecule has 6 heteroatoms. The molecule has 0 aliphatic carbocycles. The molecule has 3 heterocycles. The number of oxazole rings is 1. The van der Waals surface area contributed by atoms with Crippen molar-refractivity contribution >= 4 is 22.3 Å².